The lowest BCUT2D eigenvalue weighted by atomic mass is 10.1. The van der Waals surface area contributed by atoms with Gasteiger partial charge < -0.3 is 10.4 Å². The van der Waals surface area contributed by atoms with Crippen molar-refractivity contribution in [1.82, 2.24) is 9.97 Å². The van der Waals surface area contributed by atoms with Crippen molar-refractivity contribution in [1.29, 1.82) is 0 Å². The Bertz CT molecular complexity index is 1090. The van der Waals surface area contributed by atoms with E-state index < -0.39 is 5.97 Å². The normalized spacial score (nSPS) is 11.0. The predicted octanol–water partition coefficient (Wildman–Crippen LogP) is 5.44. The van der Waals surface area contributed by atoms with E-state index in [-0.39, 0.29) is 6.42 Å². The maximum atomic E-state index is 11.2. The van der Waals surface area contributed by atoms with Gasteiger partial charge in [0, 0.05) is 15.5 Å². The number of anilines is 2. The quantitative estimate of drug-likeness (QED) is 0.465. The zero-order valence-corrected chi connectivity index (χ0v) is 15.7. The Balaban J connectivity index is 1.69. The van der Waals surface area contributed by atoms with Gasteiger partial charge in [0.15, 0.2) is 10.3 Å². The molecule has 0 amide bonds. The molecule has 0 atom stereocenters. The average molecular weight is 402 g/mol. The van der Waals surface area contributed by atoms with Crippen LogP contribution in [0.1, 0.15) is 4.88 Å². The molecule has 2 N–H and O–H groups in total. The van der Waals surface area contributed by atoms with Gasteiger partial charge in [0.25, 0.3) is 0 Å². The molecule has 4 rings (SSSR count). The van der Waals surface area contributed by atoms with Gasteiger partial charge in [-0.2, -0.15) is 0 Å². The van der Waals surface area contributed by atoms with Crippen LogP contribution >= 0.6 is 34.3 Å². The number of nitrogens with zero attached hydrogens (tertiary/aromatic N) is 2. The first-order chi connectivity index (χ1) is 12.6. The van der Waals surface area contributed by atoms with Gasteiger partial charge in [-0.1, -0.05) is 53.3 Å². The van der Waals surface area contributed by atoms with E-state index in [4.69, 9.17) is 11.6 Å². The molecule has 2 heterocycles. The molecule has 0 aliphatic rings. The van der Waals surface area contributed by atoms with Crippen LogP contribution in [0, 0.1) is 0 Å². The molecule has 0 saturated heterocycles. The maximum Gasteiger partial charge on any atom is 0.308 e. The number of rotatable bonds is 5. The van der Waals surface area contributed by atoms with E-state index in [0.29, 0.717) is 25.9 Å². The number of aliphatic carboxylic acids is 1. The zero-order chi connectivity index (χ0) is 18.1. The summed E-state index contributed by atoms with van der Waals surface area (Å²) >= 11 is 8.82. The highest BCUT2D eigenvalue weighted by Gasteiger charge is 2.16. The molecule has 0 unspecified atom stereocenters. The van der Waals surface area contributed by atoms with E-state index in [1.165, 1.54) is 22.7 Å². The fourth-order valence-electron chi connectivity index (χ4n) is 2.53. The molecule has 5 nitrogen and oxygen atoms in total. The molecular formula is C18H12ClN3O2S2. The van der Waals surface area contributed by atoms with Gasteiger partial charge in [-0.3, -0.25) is 4.79 Å². The third-order valence-corrected chi connectivity index (χ3v) is 5.76. The largest absolute Gasteiger partial charge is 0.481 e. The Morgan fingerprint density at radius 2 is 1.85 bits per heavy atom. The highest BCUT2D eigenvalue weighted by molar-refractivity contribution is 7.22. The van der Waals surface area contributed by atoms with Crippen LogP contribution in [0.25, 0.3) is 21.5 Å². The van der Waals surface area contributed by atoms with Crippen molar-refractivity contribution in [3.05, 3.63) is 58.4 Å². The number of hydrogen-bond donors (Lipinski definition) is 2. The third kappa shape index (κ3) is 3.55. The number of carboxylic acids is 1. The molecule has 0 bridgehead atoms. The molecule has 130 valence electrons. The Morgan fingerprint density at radius 1 is 1.08 bits per heavy atom. The Labute approximate surface area is 161 Å². The summed E-state index contributed by atoms with van der Waals surface area (Å²) < 4.78 is 0.977. The van der Waals surface area contributed by atoms with Crippen molar-refractivity contribution in [3.63, 3.8) is 0 Å². The number of thiazole rings is 2. The van der Waals surface area contributed by atoms with Crippen molar-refractivity contribution in [2.75, 3.05) is 5.32 Å². The Hall–Kier alpha value is -2.48. The second kappa shape index (κ2) is 7.03. The van der Waals surface area contributed by atoms with Crippen LogP contribution in [-0.4, -0.2) is 21.0 Å². The van der Waals surface area contributed by atoms with Gasteiger partial charge in [-0.15, -0.1) is 11.3 Å². The van der Waals surface area contributed by atoms with E-state index in [2.05, 4.69) is 15.3 Å². The number of fused-ring (bicyclic) bond motifs is 1. The molecule has 0 fully saturated rings. The minimum atomic E-state index is -0.882. The predicted molar refractivity (Wildman–Crippen MR) is 107 cm³/mol. The third-order valence-electron chi connectivity index (χ3n) is 3.62. The standard InChI is InChI=1S/C18H12ClN3O2S2/c19-11-6-7-12-13(8-11)25-17(20-12)22-18-21-16(10-4-2-1-3-5-10)14(26-18)9-15(23)24/h1-8H,9H2,(H,23,24)(H,20,21,22). The van der Waals surface area contributed by atoms with Crippen LogP contribution in [-0.2, 0) is 11.2 Å². The van der Waals surface area contributed by atoms with Gasteiger partial charge in [0.1, 0.15) is 0 Å². The van der Waals surface area contributed by atoms with Gasteiger partial charge in [-0.05, 0) is 18.2 Å². The zero-order valence-electron chi connectivity index (χ0n) is 13.3. The monoisotopic (exact) mass is 401 g/mol. The molecular weight excluding hydrogens is 390 g/mol. The fraction of sp³-hybridized carbons (Fsp3) is 0.0556. The number of halogens is 1. The highest BCUT2D eigenvalue weighted by atomic mass is 35.5. The van der Waals surface area contributed by atoms with Crippen molar-refractivity contribution in [2.24, 2.45) is 0 Å². The fourth-order valence-corrected chi connectivity index (χ4v) is 4.71. The summed E-state index contributed by atoms with van der Waals surface area (Å²) in [6.07, 6.45) is -0.0704. The maximum absolute atomic E-state index is 11.2. The van der Waals surface area contributed by atoms with Crippen LogP contribution < -0.4 is 5.32 Å². The molecule has 2 aromatic heterocycles. The minimum absolute atomic E-state index is 0.0704. The molecule has 0 saturated carbocycles. The second-order valence-corrected chi connectivity index (χ2v) is 8.03. The van der Waals surface area contributed by atoms with Crippen molar-refractivity contribution < 1.29 is 9.90 Å². The van der Waals surface area contributed by atoms with Crippen molar-refractivity contribution in [2.45, 2.75) is 6.42 Å². The number of carboxylic acid groups (broad SMARTS) is 1. The molecule has 8 heteroatoms. The summed E-state index contributed by atoms with van der Waals surface area (Å²) in [5.41, 5.74) is 2.43. The van der Waals surface area contributed by atoms with E-state index in [1.807, 2.05) is 42.5 Å². The average Bonchev–Trinajstić information content (AvgIpc) is 3.18. The highest BCUT2D eigenvalue weighted by Crippen LogP contribution is 2.35. The molecule has 0 radical (unpaired) electrons. The Morgan fingerprint density at radius 3 is 2.62 bits per heavy atom. The summed E-state index contributed by atoms with van der Waals surface area (Å²) in [6.45, 7) is 0. The summed E-state index contributed by atoms with van der Waals surface area (Å²) in [4.78, 5) is 21.0. The lowest BCUT2D eigenvalue weighted by Crippen LogP contribution is -1.99. The molecule has 0 aliphatic carbocycles. The van der Waals surface area contributed by atoms with Crippen LogP contribution in [0.3, 0.4) is 0 Å². The van der Waals surface area contributed by atoms with Gasteiger partial charge in [0.05, 0.1) is 22.3 Å². The second-order valence-electron chi connectivity index (χ2n) is 5.48. The van der Waals surface area contributed by atoms with E-state index >= 15 is 0 Å². The van der Waals surface area contributed by atoms with Crippen molar-refractivity contribution in [3.8, 4) is 11.3 Å². The molecule has 4 aromatic rings. The summed E-state index contributed by atoms with van der Waals surface area (Å²) in [7, 11) is 0. The van der Waals surface area contributed by atoms with Crippen molar-refractivity contribution >= 4 is 60.7 Å². The van der Waals surface area contributed by atoms with Crippen LogP contribution in [0.4, 0.5) is 10.3 Å². The number of aromatic nitrogens is 2. The van der Waals surface area contributed by atoms with Gasteiger partial charge in [-0.25, -0.2) is 9.97 Å². The lowest BCUT2D eigenvalue weighted by molar-refractivity contribution is -0.136. The minimum Gasteiger partial charge on any atom is -0.481 e. The number of carbonyl (C=O) groups is 1. The number of benzene rings is 2. The Kier molecular flexibility index (Phi) is 4.58. The van der Waals surface area contributed by atoms with Gasteiger partial charge >= 0.3 is 5.97 Å². The van der Waals surface area contributed by atoms with Gasteiger partial charge in [0.2, 0.25) is 0 Å². The van der Waals surface area contributed by atoms with E-state index in [0.717, 1.165) is 15.8 Å². The smallest absolute Gasteiger partial charge is 0.308 e. The van der Waals surface area contributed by atoms with E-state index in [9.17, 15) is 9.90 Å². The van der Waals surface area contributed by atoms with Crippen LogP contribution in [0.5, 0.6) is 0 Å². The first-order valence-corrected chi connectivity index (χ1v) is 9.69. The molecule has 0 spiro atoms. The molecule has 0 aliphatic heterocycles. The number of nitrogens with one attached hydrogen (secondary N) is 1. The summed E-state index contributed by atoms with van der Waals surface area (Å²) in [5, 5.41) is 14.4. The summed E-state index contributed by atoms with van der Waals surface area (Å²) in [6, 6.07) is 15.1. The number of hydrogen-bond acceptors (Lipinski definition) is 6. The lowest BCUT2D eigenvalue weighted by Gasteiger charge is -1.99. The molecule has 2 aromatic carbocycles. The first-order valence-electron chi connectivity index (χ1n) is 7.68. The van der Waals surface area contributed by atoms with E-state index in [1.54, 1.807) is 6.07 Å². The molecule has 26 heavy (non-hydrogen) atoms. The SMILES string of the molecule is O=C(O)Cc1sc(Nc2nc3ccc(Cl)cc3s2)nc1-c1ccccc1. The summed E-state index contributed by atoms with van der Waals surface area (Å²) in [5.74, 6) is -0.882. The van der Waals surface area contributed by atoms with Crippen LogP contribution in [0.15, 0.2) is 48.5 Å². The topological polar surface area (TPSA) is 75.1 Å². The first kappa shape index (κ1) is 17.0. The van der Waals surface area contributed by atoms with Crippen LogP contribution in [0.2, 0.25) is 5.02 Å².